The molecule has 0 saturated heterocycles. The van der Waals surface area contributed by atoms with Crippen molar-refractivity contribution < 1.29 is 19.4 Å². The van der Waals surface area contributed by atoms with Gasteiger partial charge in [0.05, 0.1) is 26.3 Å². The number of hydrogen-bond acceptors (Lipinski definition) is 5. The van der Waals surface area contributed by atoms with Gasteiger partial charge < -0.3 is 14.6 Å². The first-order valence-electron chi connectivity index (χ1n) is 8.57. The molecule has 0 aliphatic carbocycles. The summed E-state index contributed by atoms with van der Waals surface area (Å²) in [5.41, 5.74) is 7.25. The number of hydrogen-bond donors (Lipinski definition) is 2. The number of ether oxygens (including phenoxy) is 2. The van der Waals surface area contributed by atoms with Crippen molar-refractivity contribution in [3.05, 3.63) is 71.9 Å². The van der Waals surface area contributed by atoms with E-state index in [1.165, 1.54) is 0 Å². The maximum Gasteiger partial charge on any atom is 0.305 e. The Labute approximate surface area is 158 Å². The minimum atomic E-state index is -0.832. The molecule has 0 spiro atoms. The van der Waals surface area contributed by atoms with Crippen molar-refractivity contribution in [2.45, 2.75) is 6.42 Å². The molecule has 2 N–H and O–H groups in total. The van der Waals surface area contributed by atoms with Crippen LogP contribution in [0.4, 0.5) is 0 Å². The molecule has 0 radical (unpaired) electrons. The first kappa shape index (κ1) is 18.4. The van der Waals surface area contributed by atoms with Crippen LogP contribution in [0.15, 0.2) is 60.8 Å². The Morgan fingerprint density at radius 3 is 2.04 bits per heavy atom. The summed E-state index contributed by atoms with van der Waals surface area (Å²) in [6.07, 6.45) is 3.89. The lowest BCUT2D eigenvalue weighted by molar-refractivity contribution is -0.137. The predicted octanol–water partition coefficient (Wildman–Crippen LogP) is 3.38. The lowest BCUT2D eigenvalue weighted by atomic mass is 9.98. The summed E-state index contributed by atoms with van der Waals surface area (Å²) < 4.78 is 10.5. The van der Waals surface area contributed by atoms with Crippen molar-refractivity contribution in [3.8, 4) is 11.5 Å². The summed E-state index contributed by atoms with van der Waals surface area (Å²) in [4.78, 5) is 10.9. The highest BCUT2D eigenvalue weighted by Gasteiger charge is 2.17. The van der Waals surface area contributed by atoms with Gasteiger partial charge in [-0.05, 0) is 48.0 Å². The van der Waals surface area contributed by atoms with Crippen LogP contribution >= 0.6 is 0 Å². The third-order valence-electron chi connectivity index (χ3n) is 4.29. The van der Waals surface area contributed by atoms with Gasteiger partial charge in [0.1, 0.15) is 11.5 Å². The van der Waals surface area contributed by atoms with E-state index in [-0.39, 0.29) is 6.42 Å². The smallest absolute Gasteiger partial charge is 0.305 e. The van der Waals surface area contributed by atoms with Crippen LogP contribution in [0, 0.1) is 0 Å². The number of carboxylic acids is 1. The Morgan fingerprint density at radius 1 is 0.963 bits per heavy atom. The fraction of sp³-hybridized carbons (Fsp3) is 0.190. The fourth-order valence-electron chi connectivity index (χ4n) is 2.82. The van der Waals surface area contributed by atoms with Gasteiger partial charge in [-0.25, -0.2) is 0 Å². The van der Waals surface area contributed by atoms with Crippen molar-refractivity contribution in [3.63, 3.8) is 0 Å². The summed E-state index contributed by atoms with van der Waals surface area (Å²) >= 11 is 0. The number of hydrazine groups is 1. The molecule has 0 unspecified atom stereocenters. The van der Waals surface area contributed by atoms with Gasteiger partial charge in [0.25, 0.3) is 0 Å². The number of carbonyl (C=O) groups is 1. The Morgan fingerprint density at radius 2 is 1.52 bits per heavy atom. The molecule has 2 aromatic carbocycles. The Hall–Kier alpha value is -3.41. The standard InChI is InChI=1S/C21H22N2O4/c1-26-17-7-3-15(4-8-17)19-11-13-23(14-12-20(24)25)22-21(19)16-5-9-18(27-2)10-6-16/h3-11,13,22H,12,14H2,1-2H3,(H,24,25). The number of nitrogens with one attached hydrogen (secondary N) is 1. The quantitative estimate of drug-likeness (QED) is 0.783. The molecular weight excluding hydrogens is 344 g/mol. The number of benzene rings is 2. The van der Waals surface area contributed by atoms with Gasteiger partial charge in [0, 0.05) is 23.9 Å². The lowest BCUT2D eigenvalue weighted by Gasteiger charge is -2.29. The predicted molar refractivity (Wildman–Crippen MR) is 104 cm³/mol. The molecule has 3 rings (SSSR count). The number of methoxy groups -OCH3 is 2. The minimum Gasteiger partial charge on any atom is -0.497 e. The van der Waals surface area contributed by atoms with Crippen LogP contribution in [0.2, 0.25) is 0 Å². The maximum atomic E-state index is 10.9. The number of aliphatic carboxylic acids is 1. The molecule has 0 aromatic heterocycles. The highest BCUT2D eigenvalue weighted by Crippen LogP contribution is 2.30. The molecule has 1 aliphatic heterocycles. The summed E-state index contributed by atoms with van der Waals surface area (Å²) in [6, 6.07) is 15.6. The molecule has 0 atom stereocenters. The fourth-order valence-corrected chi connectivity index (χ4v) is 2.82. The molecular formula is C21H22N2O4. The van der Waals surface area contributed by atoms with Crippen LogP contribution in [-0.4, -0.2) is 36.8 Å². The van der Waals surface area contributed by atoms with Crippen LogP contribution in [0.25, 0.3) is 11.3 Å². The zero-order valence-electron chi connectivity index (χ0n) is 15.3. The van der Waals surface area contributed by atoms with Crippen LogP contribution in [0.5, 0.6) is 11.5 Å². The first-order chi connectivity index (χ1) is 13.1. The molecule has 27 heavy (non-hydrogen) atoms. The van der Waals surface area contributed by atoms with Crippen LogP contribution in [-0.2, 0) is 4.79 Å². The number of allylic oxidation sites excluding steroid dienone is 2. The molecule has 1 aliphatic rings. The zero-order chi connectivity index (χ0) is 19.2. The van der Waals surface area contributed by atoms with Crippen molar-refractivity contribution in [1.82, 2.24) is 10.4 Å². The zero-order valence-corrected chi connectivity index (χ0v) is 15.3. The lowest BCUT2D eigenvalue weighted by Crippen LogP contribution is -2.36. The largest absolute Gasteiger partial charge is 0.497 e. The van der Waals surface area contributed by atoms with E-state index in [0.29, 0.717) is 6.54 Å². The summed E-state index contributed by atoms with van der Waals surface area (Å²) in [7, 11) is 3.27. The van der Waals surface area contributed by atoms with E-state index in [1.807, 2.05) is 60.8 Å². The molecule has 6 nitrogen and oxygen atoms in total. The highest BCUT2D eigenvalue weighted by atomic mass is 16.5. The van der Waals surface area contributed by atoms with Crippen LogP contribution in [0.3, 0.4) is 0 Å². The Kier molecular flexibility index (Phi) is 5.66. The second-order valence-electron chi connectivity index (χ2n) is 6.01. The molecule has 0 saturated carbocycles. The second-order valence-corrected chi connectivity index (χ2v) is 6.01. The Bertz CT molecular complexity index is 855. The van der Waals surface area contributed by atoms with Gasteiger partial charge in [0.2, 0.25) is 0 Å². The SMILES string of the molecule is COc1ccc(C2=C(c3ccc(OC)cc3)NN(CCC(=O)O)C=C2)cc1. The third-order valence-corrected chi connectivity index (χ3v) is 4.29. The second kappa shape index (κ2) is 8.31. The van der Waals surface area contributed by atoms with Crippen molar-refractivity contribution in [2.24, 2.45) is 0 Å². The van der Waals surface area contributed by atoms with E-state index >= 15 is 0 Å². The number of nitrogens with zero attached hydrogens (tertiary/aromatic N) is 1. The maximum absolute atomic E-state index is 10.9. The summed E-state index contributed by atoms with van der Waals surface area (Å²) in [5.74, 6) is 0.738. The molecule has 1 heterocycles. The normalized spacial score (nSPS) is 13.3. The monoisotopic (exact) mass is 366 g/mol. The average Bonchev–Trinajstić information content (AvgIpc) is 2.72. The van der Waals surface area contributed by atoms with Gasteiger partial charge in [-0.1, -0.05) is 12.1 Å². The third kappa shape index (κ3) is 4.41. The van der Waals surface area contributed by atoms with Crippen LogP contribution in [0.1, 0.15) is 17.5 Å². The minimum absolute atomic E-state index is 0.0467. The molecule has 0 fully saturated rings. The van der Waals surface area contributed by atoms with E-state index in [0.717, 1.165) is 33.9 Å². The van der Waals surface area contributed by atoms with Crippen molar-refractivity contribution >= 4 is 17.2 Å². The molecule has 0 bridgehead atoms. The van der Waals surface area contributed by atoms with Gasteiger partial charge in [-0.3, -0.25) is 15.2 Å². The summed E-state index contributed by atoms with van der Waals surface area (Å²) in [5, 5.41) is 10.7. The average molecular weight is 366 g/mol. The van der Waals surface area contributed by atoms with E-state index in [2.05, 4.69) is 5.43 Å². The van der Waals surface area contributed by atoms with Gasteiger partial charge in [-0.2, -0.15) is 0 Å². The highest BCUT2D eigenvalue weighted by molar-refractivity contribution is 5.95. The summed E-state index contributed by atoms with van der Waals surface area (Å²) in [6.45, 7) is 0.362. The number of carboxylic acid groups (broad SMARTS) is 1. The molecule has 2 aromatic rings. The van der Waals surface area contributed by atoms with Gasteiger partial charge in [-0.15, -0.1) is 0 Å². The van der Waals surface area contributed by atoms with E-state index < -0.39 is 5.97 Å². The van der Waals surface area contributed by atoms with Crippen LogP contribution < -0.4 is 14.9 Å². The Balaban J connectivity index is 1.96. The van der Waals surface area contributed by atoms with E-state index in [4.69, 9.17) is 14.6 Å². The topological polar surface area (TPSA) is 71.0 Å². The molecule has 140 valence electrons. The van der Waals surface area contributed by atoms with E-state index in [9.17, 15) is 4.79 Å². The molecule has 6 heteroatoms. The van der Waals surface area contributed by atoms with Gasteiger partial charge in [0.15, 0.2) is 0 Å². The van der Waals surface area contributed by atoms with Crippen molar-refractivity contribution in [2.75, 3.05) is 20.8 Å². The van der Waals surface area contributed by atoms with Crippen molar-refractivity contribution in [1.29, 1.82) is 0 Å². The van der Waals surface area contributed by atoms with Gasteiger partial charge >= 0.3 is 5.97 Å². The first-order valence-corrected chi connectivity index (χ1v) is 8.57. The molecule has 0 amide bonds. The number of rotatable bonds is 7. The van der Waals surface area contributed by atoms with E-state index in [1.54, 1.807) is 19.2 Å².